The molecule has 0 aromatic heterocycles. The second-order valence-corrected chi connectivity index (χ2v) is 7.44. The van der Waals surface area contributed by atoms with Crippen LogP contribution in [0, 0.1) is 0 Å². The monoisotopic (exact) mass is 365 g/mol. The van der Waals surface area contributed by atoms with Crippen molar-refractivity contribution in [1.29, 1.82) is 0 Å². The number of morpholine rings is 1. The van der Waals surface area contributed by atoms with Gasteiger partial charge in [0.05, 0.1) is 18.1 Å². The van der Waals surface area contributed by atoms with E-state index in [1.807, 2.05) is 0 Å². The summed E-state index contributed by atoms with van der Waals surface area (Å²) < 4.78 is 69.9. The van der Waals surface area contributed by atoms with Crippen LogP contribution in [0.1, 0.15) is 12.5 Å². The molecule has 1 aromatic rings. The van der Waals surface area contributed by atoms with Crippen LogP contribution in [0.5, 0.6) is 0 Å². The molecule has 1 atom stereocenters. The van der Waals surface area contributed by atoms with Gasteiger partial charge in [-0.15, -0.1) is 0 Å². The lowest BCUT2D eigenvalue weighted by molar-refractivity contribution is -0.232. The van der Waals surface area contributed by atoms with Gasteiger partial charge in [0.25, 0.3) is 0 Å². The maximum absolute atomic E-state index is 12.7. The Hall–Kier alpha value is -1.42. The molecule has 1 unspecified atom stereocenters. The average molecular weight is 365 g/mol. The molecule has 1 fully saturated rings. The van der Waals surface area contributed by atoms with E-state index in [1.54, 1.807) is 0 Å². The Kier molecular flexibility index (Phi) is 5.38. The molecule has 0 radical (unpaired) electrons. The number of halogens is 3. The molecule has 2 rings (SSSR count). The molecule has 5 nitrogen and oxygen atoms in total. The van der Waals surface area contributed by atoms with Crippen molar-refractivity contribution < 1.29 is 31.4 Å². The van der Waals surface area contributed by atoms with E-state index < -0.39 is 21.8 Å². The van der Waals surface area contributed by atoms with E-state index in [0.717, 1.165) is 6.08 Å². The molecule has 1 heterocycles. The van der Waals surface area contributed by atoms with Gasteiger partial charge in [-0.1, -0.05) is 24.3 Å². The Labute approximate surface area is 138 Å². The lowest BCUT2D eigenvalue weighted by Crippen LogP contribution is -2.41. The van der Waals surface area contributed by atoms with Crippen LogP contribution in [0.25, 0.3) is 6.08 Å². The summed E-state index contributed by atoms with van der Waals surface area (Å²) in [5.41, 5.74) is -2.98. The normalized spacial score (nSPS) is 20.2. The molecule has 0 spiro atoms. The van der Waals surface area contributed by atoms with Crippen LogP contribution in [0.4, 0.5) is 13.2 Å². The third-order valence-corrected chi connectivity index (χ3v) is 5.64. The number of rotatable bonds is 4. The fourth-order valence-corrected chi connectivity index (χ4v) is 3.72. The second kappa shape index (κ2) is 6.83. The third-order valence-electron chi connectivity index (χ3n) is 3.67. The van der Waals surface area contributed by atoms with E-state index in [9.17, 15) is 26.7 Å². The smallest absolute Gasteiger partial charge is 0.379 e. The first-order valence-electron chi connectivity index (χ1n) is 7.21. The lowest BCUT2D eigenvalue weighted by atomic mass is 10.0. The summed E-state index contributed by atoms with van der Waals surface area (Å²) in [5, 5.41) is 9.47. The van der Waals surface area contributed by atoms with Gasteiger partial charge in [0.15, 0.2) is 5.60 Å². The molecule has 1 N–H and O–H groups in total. The number of hydrogen-bond acceptors (Lipinski definition) is 4. The molecule has 1 saturated heterocycles. The van der Waals surface area contributed by atoms with Gasteiger partial charge >= 0.3 is 6.18 Å². The Balaban J connectivity index is 2.37. The lowest BCUT2D eigenvalue weighted by Gasteiger charge is -2.27. The van der Waals surface area contributed by atoms with Gasteiger partial charge < -0.3 is 9.84 Å². The molecule has 9 heteroatoms. The predicted molar refractivity (Wildman–Crippen MR) is 81.7 cm³/mol. The number of nitrogens with zero attached hydrogens (tertiary/aromatic N) is 1. The van der Waals surface area contributed by atoms with Crippen LogP contribution in [-0.4, -0.2) is 55.9 Å². The summed E-state index contributed by atoms with van der Waals surface area (Å²) in [6.45, 7) is 1.49. The molecule has 0 bridgehead atoms. The first kappa shape index (κ1) is 18.9. The Morgan fingerprint density at radius 1 is 1.21 bits per heavy atom. The van der Waals surface area contributed by atoms with Crippen molar-refractivity contribution in [3.8, 4) is 0 Å². The van der Waals surface area contributed by atoms with Gasteiger partial charge in [-0.2, -0.15) is 17.5 Å². The largest absolute Gasteiger partial charge is 0.420 e. The number of hydrogen-bond donors (Lipinski definition) is 1. The third kappa shape index (κ3) is 3.97. The van der Waals surface area contributed by atoms with Crippen molar-refractivity contribution in [3.63, 3.8) is 0 Å². The van der Waals surface area contributed by atoms with E-state index in [2.05, 4.69) is 0 Å². The highest BCUT2D eigenvalue weighted by molar-refractivity contribution is 7.89. The number of benzene rings is 1. The SMILES string of the molecule is CC(O)(/C=C/c1ccccc1S(=O)(=O)N1CCOCC1)C(F)(F)F. The quantitative estimate of drug-likeness (QED) is 0.887. The van der Waals surface area contributed by atoms with Crippen LogP contribution in [0.15, 0.2) is 35.2 Å². The predicted octanol–water partition coefficient (Wildman–Crippen LogP) is 2.03. The van der Waals surface area contributed by atoms with Crippen LogP contribution < -0.4 is 0 Å². The first-order chi connectivity index (χ1) is 11.1. The number of ether oxygens (including phenoxy) is 1. The highest BCUT2D eigenvalue weighted by Gasteiger charge is 2.47. The van der Waals surface area contributed by atoms with Crippen LogP contribution in [0.3, 0.4) is 0 Å². The molecule has 0 saturated carbocycles. The second-order valence-electron chi connectivity index (χ2n) is 5.53. The fraction of sp³-hybridized carbons (Fsp3) is 0.467. The van der Waals surface area contributed by atoms with Crippen LogP contribution in [0.2, 0.25) is 0 Å². The zero-order chi connectivity index (χ0) is 18.0. The minimum absolute atomic E-state index is 0.0773. The maximum Gasteiger partial charge on any atom is 0.420 e. The van der Waals surface area contributed by atoms with Gasteiger partial charge in [0.1, 0.15) is 0 Å². The minimum Gasteiger partial charge on any atom is -0.379 e. The Morgan fingerprint density at radius 3 is 2.38 bits per heavy atom. The molecule has 1 aliphatic rings. The van der Waals surface area contributed by atoms with Crippen molar-refractivity contribution in [2.24, 2.45) is 0 Å². The molecule has 0 amide bonds. The summed E-state index contributed by atoms with van der Waals surface area (Å²) in [7, 11) is -3.86. The van der Waals surface area contributed by atoms with Crippen molar-refractivity contribution in [3.05, 3.63) is 35.9 Å². The zero-order valence-electron chi connectivity index (χ0n) is 13.0. The molecular formula is C15H18F3NO4S. The topological polar surface area (TPSA) is 66.8 Å². The van der Waals surface area contributed by atoms with E-state index in [4.69, 9.17) is 4.74 Å². The molecule has 134 valence electrons. The summed E-state index contributed by atoms with van der Waals surface area (Å²) >= 11 is 0. The van der Waals surface area contributed by atoms with Gasteiger partial charge in [0.2, 0.25) is 10.0 Å². The van der Waals surface area contributed by atoms with E-state index >= 15 is 0 Å². The standard InChI is InChI=1S/C15H18F3NO4S/c1-14(20,15(16,17)18)7-6-12-4-2-3-5-13(12)24(21,22)19-8-10-23-11-9-19/h2-7,20H,8-11H2,1H3/b7-6+. The van der Waals surface area contributed by atoms with E-state index in [1.165, 1.54) is 28.6 Å². The summed E-state index contributed by atoms with van der Waals surface area (Å²) in [6.07, 6.45) is -3.34. The van der Waals surface area contributed by atoms with E-state index in [-0.39, 0.29) is 36.8 Å². The number of aliphatic hydroxyl groups is 1. The fourth-order valence-electron chi connectivity index (χ4n) is 2.13. The first-order valence-corrected chi connectivity index (χ1v) is 8.65. The molecule has 24 heavy (non-hydrogen) atoms. The summed E-state index contributed by atoms with van der Waals surface area (Å²) in [6, 6.07) is 5.72. The average Bonchev–Trinajstić information content (AvgIpc) is 2.53. The molecular weight excluding hydrogens is 347 g/mol. The van der Waals surface area contributed by atoms with Crippen molar-refractivity contribution in [2.45, 2.75) is 23.6 Å². The van der Waals surface area contributed by atoms with Crippen molar-refractivity contribution in [1.82, 2.24) is 4.31 Å². The van der Waals surface area contributed by atoms with Gasteiger partial charge in [0, 0.05) is 13.1 Å². The molecule has 0 aliphatic carbocycles. The summed E-state index contributed by atoms with van der Waals surface area (Å²) in [5.74, 6) is 0. The van der Waals surface area contributed by atoms with Crippen LogP contribution >= 0.6 is 0 Å². The van der Waals surface area contributed by atoms with Gasteiger partial charge in [-0.25, -0.2) is 8.42 Å². The maximum atomic E-state index is 12.7. The Morgan fingerprint density at radius 2 is 1.79 bits per heavy atom. The van der Waals surface area contributed by atoms with Gasteiger partial charge in [-0.05, 0) is 24.6 Å². The molecule has 1 aromatic carbocycles. The Bertz CT molecular complexity index is 708. The van der Waals surface area contributed by atoms with Crippen molar-refractivity contribution >= 4 is 16.1 Å². The minimum atomic E-state index is -4.86. The summed E-state index contributed by atoms with van der Waals surface area (Å²) in [4.78, 5) is -0.110. The molecule has 1 aliphatic heterocycles. The zero-order valence-corrected chi connectivity index (χ0v) is 13.8. The van der Waals surface area contributed by atoms with Crippen LogP contribution in [-0.2, 0) is 14.8 Å². The highest BCUT2D eigenvalue weighted by Crippen LogP contribution is 2.32. The number of sulfonamides is 1. The highest BCUT2D eigenvalue weighted by atomic mass is 32.2. The number of alkyl halides is 3. The van der Waals surface area contributed by atoms with Gasteiger partial charge in [-0.3, -0.25) is 0 Å². The van der Waals surface area contributed by atoms with Crippen molar-refractivity contribution in [2.75, 3.05) is 26.3 Å². The van der Waals surface area contributed by atoms with E-state index in [0.29, 0.717) is 13.0 Å².